The van der Waals surface area contributed by atoms with E-state index in [1.165, 1.54) is 4.90 Å². The Bertz CT molecular complexity index is 311. The molecule has 0 aromatic rings. The van der Waals surface area contributed by atoms with Crippen LogP contribution < -0.4 is 0 Å². The van der Waals surface area contributed by atoms with Crippen LogP contribution in [0, 0.1) is 0 Å². The maximum atomic E-state index is 11.4. The summed E-state index contributed by atoms with van der Waals surface area (Å²) in [7, 11) is 0. The number of likely N-dealkylation sites (tertiary alicyclic amines) is 1. The summed E-state index contributed by atoms with van der Waals surface area (Å²) in [4.78, 5) is 23.6. The third kappa shape index (κ3) is 2.98. The molecule has 5 nitrogen and oxygen atoms in total. The molecule has 5 heteroatoms. The number of ether oxygens (including phenoxy) is 1. The quantitative estimate of drug-likeness (QED) is 0.588. The summed E-state index contributed by atoms with van der Waals surface area (Å²) in [5.74, 6) is -0.375. The van der Waals surface area contributed by atoms with Gasteiger partial charge in [-0.05, 0) is 26.7 Å². The third-order valence-electron chi connectivity index (χ3n) is 2.58. The topological polar surface area (TPSA) is 66.8 Å². The Labute approximate surface area is 94.7 Å². The molecule has 0 saturated carbocycles. The third-order valence-corrected chi connectivity index (χ3v) is 2.58. The van der Waals surface area contributed by atoms with E-state index in [-0.39, 0.29) is 12.0 Å². The molecule has 1 rings (SSSR count). The molecule has 90 valence electrons. The number of rotatable bonds is 3. The summed E-state index contributed by atoms with van der Waals surface area (Å²) in [6.45, 7) is 4.25. The second-order valence-electron chi connectivity index (χ2n) is 3.76. The minimum atomic E-state index is -0.935. The van der Waals surface area contributed by atoms with E-state index in [4.69, 9.17) is 9.84 Å². The van der Waals surface area contributed by atoms with Gasteiger partial charge in [-0.1, -0.05) is 6.08 Å². The normalized spacial score (nSPS) is 21.0. The van der Waals surface area contributed by atoms with E-state index in [1.807, 2.05) is 0 Å². The lowest BCUT2D eigenvalue weighted by atomic mass is 10.1. The predicted octanol–water partition coefficient (Wildman–Crippen LogP) is 1.64. The second-order valence-corrected chi connectivity index (χ2v) is 3.76. The van der Waals surface area contributed by atoms with Gasteiger partial charge < -0.3 is 14.7 Å². The molecule has 1 heterocycles. The average molecular weight is 227 g/mol. The summed E-state index contributed by atoms with van der Waals surface area (Å²) in [5, 5.41) is 8.92. The Morgan fingerprint density at radius 2 is 2.25 bits per heavy atom. The first-order chi connectivity index (χ1) is 7.56. The Hall–Kier alpha value is -1.52. The van der Waals surface area contributed by atoms with E-state index in [9.17, 15) is 9.59 Å². The summed E-state index contributed by atoms with van der Waals surface area (Å²) < 4.78 is 4.84. The van der Waals surface area contributed by atoms with Crippen molar-refractivity contribution in [1.82, 2.24) is 4.90 Å². The molecule has 16 heavy (non-hydrogen) atoms. The molecule has 0 radical (unpaired) electrons. The van der Waals surface area contributed by atoms with Gasteiger partial charge in [0.25, 0.3) is 0 Å². The van der Waals surface area contributed by atoms with Gasteiger partial charge in [0.05, 0.1) is 12.6 Å². The van der Waals surface area contributed by atoms with Crippen molar-refractivity contribution in [3.8, 4) is 0 Å². The van der Waals surface area contributed by atoms with Crippen molar-refractivity contribution in [2.45, 2.75) is 32.7 Å². The maximum absolute atomic E-state index is 11.4. The van der Waals surface area contributed by atoms with Crippen LogP contribution in [0.4, 0.5) is 4.79 Å². The molecule has 1 unspecified atom stereocenters. The van der Waals surface area contributed by atoms with Crippen molar-refractivity contribution in [1.29, 1.82) is 0 Å². The van der Waals surface area contributed by atoms with E-state index >= 15 is 0 Å². The van der Waals surface area contributed by atoms with Gasteiger partial charge in [0, 0.05) is 12.1 Å². The van der Waals surface area contributed by atoms with Crippen molar-refractivity contribution in [2.75, 3.05) is 13.2 Å². The molecule has 0 spiro atoms. The first-order valence-corrected chi connectivity index (χ1v) is 5.41. The fraction of sp³-hybridized carbons (Fsp3) is 0.636. The van der Waals surface area contributed by atoms with E-state index < -0.39 is 6.09 Å². The zero-order valence-corrected chi connectivity index (χ0v) is 9.60. The van der Waals surface area contributed by atoms with Gasteiger partial charge in [-0.15, -0.1) is 0 Å². The van der Waals surface area contributed by atoms with Crippen LogP contribution in [0.2, 0.25) is 0 Å². The second kappa shape index (κ2) is 5.53. The van der Waals surface area contributed by atoms with Crippen molar-refractivity contribution < 1.29 is 19.4 Å². The number of carbonyl (C=O) groups excluding carboxylic acids is 1. The van der Waals surface area contributed by atoms with Crippen LogP contribution in [0.3, 0.4) is 0 Å². The Morgan fingerprint density at radius 3 is 2.81 bits per heavy atom. The van der Waals surface area contributed by atoms with E-state index in [1.54, 1.807) is 19.9 Å². The standard InChI is InChI=1S/C11H17NO4/c1-3-16-10(13)8(2)7-9-5-4-6-12(9)11(14)15/h7,9H,3-6H2,1-2H3,(H,14,15). The molecule has 1 aliphatic rings. The molecule has 1 saturated heterocycles. The van der Waals surface area contributed by atoms with Crippen LogP contribution in [0.15, 0.2) is 11.6 Å². The highest BCUT2D eigenvalue weighted by Gasteiger charge is 2.27. The molecular formula is C11H17NO4. The van der Waals surface area contributed by atoms with Crippen LogP contribution in [0.1, 0.15) is 26.7 Å². The zero-order valence-electron chi connectivity index (χ0n) is 9.60. The SMILES string of the molecule is CCOC(=O)C(C)=CC1CCCN1C(=O)O. The number of carboxylic acid groups (broad SMARTS) is 1. The Morgan fingerprint density at radius 1 is 1.56 bits per heavy atom. The van der Waals surface area contributed by atoms with Gasteiger partial charge >= 0.3 is 12.1 Å². The Kier molecular flexibility index (Phi) is 4.34. The lowest BCUT2D eigenvalue weighted by molar-refractivity contribution is -0.138. The van der Waals surface area contributed by atoms with Gasteiger partial charge in [0.2, 0.25) is 0 Å². The Balaban J connectivity index is 2.67. The van der Waals surface area contributed by atoms with Gasteiger partial charge in [0.1, 0.15) is 0 Å². The molecule has 0 bridgehead atoms. The van der Waals surface area contributed by atoms with E-state index in [2.05, 4.69) is 0 Å². The van der Waals surface area contributed by atoms with E-state index in [0.29, 0.717) is 18.7 Å². The van der Waals surface area contributed by atoms with Crippen molar-refractivity contribution in [3.63, 3.8) is 0 Å². The first-order valence-electron chi connectivity index (χ1n) is 5.41. The fourth-order valence-electron chi connectivity index (χ4n) is 1.80. The summed E-state index contributed by atoms with van der Waals surface area (Å²) in [6.07, 6.45) is 2.35. The number of esters is 1. The highest BCUT2D eigenvalue weighted by Crippen LogP contribution is 2.19. The zero-order chi connectivity index (χ0) is 12.1. The molecule has 0 aromatic heterocycles. The average Bonchev–Trinajstić information content (AvgIpc) is 2.66. The van der Waals surface area contributed by atoms with Crippen LogP contribution in [-0.4, -0.2) is 41.3 Å². The molecule has 0 aliphatic carbocycles. The number of nitrogens with zero attached hydrogens (tertiary/aromatic N) is 1. The monoisotopic (exact) mass is 227 g/mol. The summed E-state index contributed by atoms with van der Waals surface area (Å²) in [5.41, 5.74) is 0.472. The highest BCUT2D eigenvalue weighted by atomic mass is 16.5. The predicted molar refractivity (Wildman–Crippen MR) is 58.1 cm³/mol. The number of hydrogen-bond acceptors (Lipinski definition) is 3. The first kappa shape index (κ1) is 12.5. The van der Waals surface area contributed by atoms with Gasteiger partial charge in [-0.25, -0.2) is 9.59 Å². The van der Waals surface area contributed by atoms with Crippen LogP contribution >= 0.6 is 0 Å². The number of amides is 1. The fourth-order valence-corrected chi connectivity index (χ4v) is 1.80. The number of hydrogen-bond donors (Lipinski definition) is 1. The van der Waals surface area contributed by atoms with Crippen molar-refractivity contribution in [2.24, 2.45) is 0 Å². The van der Waals surface area contributed by atoms with Crippen molar-refractivity contribution in [3.05, 3.63) is 11.6 Å². The lowest BCUT2D eigenvalue weighted by Gasteiger charge is -2.18. The molecular weight excluding hydrogens is 210 g/mol. The van der Waals surface area contributed by atoms with E-state index in [0.717, 1.165) is 12.8 Å². The number of carbonyl (C=O) groups is 2. The molecule has 1 aliphatic heterocycles. The maximum Gasteiger partial charge on any atom is 0.407 e. The van der Waals surface area contributed by atoms with Crippen LogP contribution in [0.5, 0.6) is 0 Å². The summed E-state index contributed by atoms with van der Waals surface area (Å²) in [6, 6.07) is -0.193. The highest BCUT2D eigenvalue weighted by molar-refractivity contribution is 5.88. The largest absolute Gasteiger partial charge is 0.465 e. The van der Waals surface area contributed by atoms with Crippen LogP contribution in [0.25, 0.3) is 0 Å². The van der Waals surface area contributed by atoms with Gasteiger partial charge in [-0.2, -0.15) is 0 Å². The van der Waals surface area contributed by atoms with Gasteiger partial charge in [0.15, 0.2) is 0 Å². The molecule has 1 atom stereocenters. The van der Waals surface area contributed by atoms with Gasteiger partial charge in [-0.3, -0.25) is 0 Å². The lowest BCUT2D eigenvalue weighted by Crippen LogP contribution is -2.33. The molecule has 1 amide bonds. The minimum Gasteiger partial charge on any atom is -0.465 e. The summed E-state index contributed by atoms with van der Waals surface area (Å²) >= 11 is 0. The molecule has 0 aromatic carbocycles. The molecule has 1 fully saturated rings. The molecule has 1 N–H and O–H groups in total. The van der Waals surface area contributed by atoms with Crippen LogP contribution in [-0.2, 0) is 9.53 Å². The smallest absolute Gasteiger partial charge is 0.407 e. The minimum absolute atomic E-state index is 0.193. The van der Waals surface area contributed by atoms with Crippen molar-refractivity contribution >= 4 is 12.1 Å².